The Bertz CT molecular complexity index is 663. The van der Waals surface area contributed by atoms with Gasteiger partial charge in [-0.2, -0.15) is 0 Å². The average molecular weight is 331 g/mol. The Hall–Kier alpha value is -1.30. The molecule has 24 heavy (non-hydrogen) atoms. The molecule has 0 aromatic heterocycles. The van der Waals surface area contributed by atoms with Crippen LogP contribution >= 0.6 is 0 Å². The van der Waals surface area contributed by atoms with E-state index in [1.807, 2.05) is 0 Å². The van der Waals surface area contributed by atoms with E-state index in [4.69, 9.17) is 14.2 Å². The molecule has 5 heteroatoms. The van der Waals surface area contributed by atoms with Crippen LogP contribution in [0.3, 0.4) is 0 Å². The molecule has 0 unspecified atom stereocenters. The Morgan fingerprint density at radius 1 is 1.21 bits per heavy atom. The molecule has 1 saturated carbocycles. The van der Waals surface area contributed by atoms with E-state index >= 15 is 0 Å². The van der Waals surface area contributed by atoms with Gasteiger partial charge in [-0.1, -0.05) is 0 Å². The molecule has 130 valence electrons. The van der Waals surface area contributed by atoms with Gasteiger partial charge < -0.3 is 19.3 Å². The number of fused-ring (bicyclic) bond motifs is 2. The van der Waals surface area contributed by atoms with Crippen molar-refractivity contribution in [3.05, 3.63) is 23.3 Å². The molecule has 5 rings (SSSR count). The van der Waals surface area contributed by atoms with Crippen molar-refractivity contribution in [1.82, 2.24) is 4.90 Å². The van der Waals surface area contributed by atoms with Crippen LogP contribution in [0.2, 0.25) is 0 Å². The minimum Gasteiger partial charge on any atom is -0.486 e. The quantitative estimate of drug-likeness (QED) is 0.849. The third-order valence-electron chi connectivity index (χ3n) is 6.64. The van der Waals surface area contributed by atoms with Crippen LogP contribution in [0.15, 0.2) is 12.1 Å². The Labute approximate surface area is 142 Å². The summed E-state index contributed by atoms with van der Waals surface area (Å²) in [5.41, 5.74) is 2.76. The highest BCUT2D eigenvalue weighted by atomic mass is 16.6. The zero-order valence-corrected chi connectivity index (χ0v) is 14.2. The van der Waals surface area contributed by atoms with Gasteiger partial charge in [-0.3, -0.25) is 4.90 Å². The summed E-state index contributed by atoms with van der Waals surface area (Å²) in [7, 11) is 1.72. The maximum Gasteiger partial charge on any atom is 0.161 e. The molecule has 1 N–H and O–H groups in total. The van der Waals surface area contributed by atoms with Gasteiger partial charge in [0.25, 0.3) is 0 Å². The first-order valence-corrected chi connectivity index (χ1v) is 9.11. The van der Waals surface area contributed by atoms with Gasteiger partial charge in [-0.25, -0.2) is 0 Å². The van der Waals surface area contributed by atoms with Crippen molar-refractivity contribution in [2.75, 3.05) is 33.4 Å². The lowest BCUT2D eigenvalue weighted by Gasteiger charge is -2.52. The van der Waals surface area contributed by atoms with Crippen LogP contribution in [0.5, 0.6) is 11.5 Å². The lowest BCUT2D eigenvalue weighted by Crippen LogP contribution is -2.56. The zero-order valence-electron chi connectivity index (χ0n) is 14.2. The molecular weight excluding hydrogens is 306 g/mol. The summed E-state index contributed by atoms with van der Waals surface area (Å²) >= 11 is 0. The standard InChI is InChI=1S/C19H25NO4/c1-22-18-11-19-13(9-15(18)21)3-5-20(19)4-2-12-8-16-17(10-14(12)19)24-7-6-23-16/h8,10,13,15,18,21H,2-7,9,11H2,1H3/t13-,15-,18-,19+/m1/s1. The Morgan fingerprint density at radius 3 is 2.79 bits per heavy atom. The maximum atomic E-state index is 10.5. The van der Waals surface area contributed by atoms with E-state index in [2.05, 4.69) is 17.0 Å². The first-order chi connectivity index (χ1) is 11.7. The van der Waals surface area contributed by atoms with E-state index in [0.717, 1.165) is 50.3 Å². The van der Waals surface area contributed by atoms with E-state index < -0.39 is 0 Å². The van der Waals surface area contributed by atoms with Crippen molar-refractivity contribution in [1.29, 1.82) is 0 Å². The largest absolute Gasteiger partial charge is 0.486 e. The molecule has 4 atom stereocenters. The van der Waals surface area contributed by atoms with Gasteiger partial charge in [0, 0.05) is 13.7 Å². The van der Waals surface area contributed by atoms with Crippen LogP contribution < -0.4 is 9.47 Å². The second-order valence-corrected chi connectivity index (χ2v) is 7.58. The van der Waals surface area contributed by atoms with Gasteiger partial charge in [-0.05, 0) is 61.4 Å². The Balaban J connectivity index is 1.65. The van der Waals surface area contributed by atoms with Gasteiger partial charge >= 0.3 is 0 Å². The Morgan fingerprint density at radius 2 is 2.00 bits per heavy atom. The summed E-state index contributed by atoms with van der Waals surface area (Å²) in [4.78, 5) is 2.63. The van der Waals surface area contributed by atoms with Gasteiger partial charge in [-0.15, -0.1) is 0 Å². The SMILES string of the molecule is CO[C@@H]1C[C@]23c4cc5c(cc4CCN2CC[C@@H]3C[C@H]1O)OCCO5. The van der Waals surface area contributed by atoms with Gasteiger partial charge in [0.15, 0.2) is 11.5 Å². The molecule has 0 bridgehead atoms. The summed E-state index contributed by atoms with van der Waals surface area (Å²) in [6.07, 6.45) is 3.45. The minimum atomic E-state index is -0.354. The molecule has 3 aliphatic heterocycles. The summed E-state index contributed by atoms with van der Waals surface area (Å²) in [6.45, 7) is 3.44. The topological polar surface area (TPSA) is 51.2 Å². The number of benzene rings is 1. The fourth-order valence-corrected chi connectivity index (χ4v) is 5.55. The number of methoxy groups -OCH3 is 1. The molecule has 1 aromatic carbocycles. The lowest BCUT2D eigenvalue weighted by atomic mass is 9.65. The van der Waals surface area contributed by atoms with Crippen LogP contribution in [0, 0.1) is 5.92 Å². The highest BCUT2D eigenvalue weighted by molar-refractivity contribution is 5.52. The summed E-state index contributed by atoms with van der Waals surface area (Å²) in [5.74, 6) is 2.25. The van der Waals surface area contributed by atoms with Gasteiger partial charge in [0.2, 0.25) is 0 Å². The maximum absolute atomic E-state index is 10.5. The van der Waals surface area contributed by atoms with Crippen LogP contribution in [0.4, 0.5) is 0 Å². The Kier molecular flexibility index (Phi) is 3.34. The molecule has 1 aromatic rings. The number of aliphatic hydroxyl groups excluding tert-OH is 1. The van der Waals surface area contributed by atoms with Crippen molar-refractivity contribution in [3.8, 4) is 11.5 Å². The number of hydrogen-bond acceptors (Lipinski definition) is 5. The van der Waals surface area contributed by atoms with E-state index in [1.54, 1.807) is 7.11 Å². The summed E-state index contributed by atoms with van der Waals surface area (Å²) < 4.78 is 17.3. The van der Waals surface area contributed by atoms with Crippen molar-refractivity contribution >= 4 is 0 Å². The van der Waals surface area contributed by atoms with E-state index in [9.17, 15) is 5.11 Å². The molecule has 1 spiro atoms. The second-order valence-electron chi connectivity index (χ2n) is 7.58. The molecular formula is C19H25NO4. The number of aliphatic hydroxyl groups is 1. The number of rotatable bonds is 1. The van der Waals surface area contributed by atoms with Crippen molar-refractivity contribution in [2.24, 2.45) is 5.92 Å². The highest BCUT2D eigenvalue weighted by Gasteiger charge is 2.57. The van der Waals surface area contributed by atoms with Crippen molar-refractivity contribution < 1.29 is 19.3 Å². The van der Waals surface area contributed by atoms with Crippen LogP contribution in [0.25, 0.3) is 0 Å². The predicted octanol–water partition coefficient (Wildman–Crippen LogP) is 1.70. The van der Waals surface area contributed by atoms with Crippen LogP contribution in [-0.2, 0) is 16.7 Å². The average Bonchev–Trinajstić information content (AvgIpc) is 2.98. The fourth-order valence-electron chi connectivity index (χ4n) is 5.55. The fraction of sp³-hybridized carbons (Fsp3) is 0.684. The zero-order chi connectivity index (χ0) is 16.3. The first kappa shape index (κ1) is 15.0. The smallest absolute Gasteiger partial charge is 0.161 e. The molecule has 0 radical (unpaired) electrons. The number of ether oxygens (including phenoxy) is 3. The van der Waals surface area contributed by atoms with E-state index in [0.29, 0.717) is 19.1 Å². The van der Waals surface area contributed by atoms with Crippen LogP contribution in [0.1, 0.15) is 30.4 Å². The monoisotopic (exact) mass is 331 g/mol. The molecule has 5 nitrogen and oxygen atoms in total. The lowest BCUT2D eigenvalue weighted by molar-refractivity contribution is -0.102. The second kappa shape index (κ2) is 5.35. The molecule has 1 aliphatic carbocycles. The molecule has 1 saturated heterocycles. The minimum absolute atomic E-state index is 0.0106. The summed E-state index contributed by atoms with van der Waals surface area (Å²) in [5, 5.41) is 10.5. The van der Waals surface area contributed by atoms with Gasteiger partial charge in [0.05, 0.1) is 17.7 Å². The van der Waals surface area contributed by atoms with Crippen molar-refractivity contribution in [3.63, 3.8) is 0 Å². The van der Waals surface area contributed by atoms with E-state index in [1.165, 1.54) is 11.1 Å². The van der Waals surface area contributed by atoms with E-state index in [-0.39, 0.29) is 17.7 Å². The third-order valence-corrected chi connectivity index (χ3v) is 6.64. The number of hydrogen-bond donors (Lipinski definition) is 1. The highest BCUT2D eigenvalue weighted by Crippen LogP contribution is 2.56. The first-order valence-electron chi connectivity index (χ1n) is 9.11. The van der Waals surface area contributed by atoms with Crippen LogP contribution in [-0.4, -0.2) is 55.6 Å². The van der Waals surface area contributed by atoms with Crippen molar-refractivity contribution in [2.45, 2.75) is 43.4 Å². The molecule has 4 aliphatic rings. The van der Waals surface area contributed by atoms with Gasteiger partial charge in [0.1, 0.15) is 13.2 Å². The number of nitrogens with zero attached hydrogens (tertiary/aromatic N) is 1. The molecule has 0 amide bonds. The third kappa shape index (κ3) is 1.92. The summed E-state index contributed by atoms with van der Waals surface area (Å²) in [6, 6.07) is 4.41. The normalized spacial score (nSPS) is 37.5. The molecule has 2 fully saturated rings. The predicted molar refractivity (Wildman–Crippen MR) is 88.5 cm³/mol. The molecule has 3 heterocycles.